The third-order valence-electron chi connectivity index (χ3n) is 6.08. The Morgan fingerprint density at radius 2 is 1.64 bits per heavy atom. The van der Waals surface area contributed by atoms with Crippen LogP contribution in [0.5, 0.6) is 0 Å². The van der Waals surface area contributed by atoms with Gasteiger partial charge in [0.1, 0.15) is 6.17 Å². The van der Waals surface area contributed by atoms with E-state index in [-0.39, 0.29) is 30.1 Å². The molecule has 2 aliphatic heterocycles. The summed E-state index contributed by atoms with van der Waals surface area (Å²) in [6.07, 6.45) is -0.589. The second-order valence-corrected chi connectivity index (χ2v) is 8.50. The normalized spacial score (nSPS) is 17.9. The summed E-state index contributed by atoms with van der Waals surface area (Å²) in [6.45, 7) is 8.00. The number of anilines is 1. The van der Waals surface area contributed by atoms with Crippen LogP contribution in [0.25, 0.3) is 0 Å². The van der Waals surface area contributed by atoms with Crippen molar-refractivity contribution in [2.24, 2.45) is 0 Å². The molecule has 0 aromatic heterocycles. The van der Waals surface area contributed by atoms with Gasteiger partial charge in [0.05, 0.1) is 6.61 Å². The van der Waals surface area contributed by atoms with E-state index in [1.807, 2.05) is 55.1 Å². The molecule has 2 aliphatic rings. The molecule has 2 aromatic rings. The fourth-order valence-electron chi connectivity index (χ4n) is 4.37. The number of hydrogen-bond acceptors (Lipinski definition) is 5. The van der Waals surface area contributed by atoms with Crippen LogP contribution >= 0.6 is 0 Å². The fourth-order valence-corrected chi connectivity index (χ4v) is 4.37. The Hall–Kier alpha value is -3.55. The summed E-state index contributed by atoms with van der Waals surface area (Å²) in [5, 5.41) is 3.46. The Morgan fingerprint density at radius 1 is 1.00 bits per heavy atom. The molecule has 1 unspecified atom stereocenters. The average molecular weight is 451 g/mol. The Labute approximate surface area is 194 Å². The molecule has 0 spiro atoms. The van der Waals surface area contributed by atoms with Crippen molar-refractivity contribution in [3.63, 3.8) is 0 Å². The molecule has 1 saturated heterocycles. The molecule has 1 atom stereocenters. The van der Waals surface area contributed by atoms with E-state index >= 15 is 0 Å². The molecule has 3 amide bonds. The largest absolute Gasteiger partial charge is 0.450 e. The van der Waals surface area contributed by atoms with Crippen molar-refractivity contribution in [1.82, 2.24) is 14.7 Å². The maximum absolute atomic E-state index is 12.9. The summed E-state index contributed by atoms with van der Waals surface area (Å²) in [4.78, 5) is 42.9. The summed E-state index contributed by atoms with van der Waals surface area (Å²) >= 11 is 0. The summed E-state index contributed by atoms with van der Waals surface area (Å²) in [5.74, 6) is -0.0397. The lowest BCUT2D eigenvalue weighted by Crippen LogP contribution is -2.50. The molecular formula is C25H30N4O4. The van der Waals surface area contributed by atoms with Gasteiger partial charge in [-0.15, -0.1) is 0 Å². The smallest absolute Gasteiger partial charge is 0.409 e. The fraction of sp³-hybridized carbons (Fsp3) is 0.400. The predicted molar refractivity (Wildman–Crippen MR) is 125 cm³/mol. The van der Waals surface area contributed by atoms with E-state index < -0.39 is 0 Å². The van der Waals surface area contributed by atoms with E-state index in [1.165, 1.54) is 0 Å². The van der Waals surface area contributed by atoms with Crippen LogP contribution in [0.2, 0.25) is 0 Å². The lowest BCUT2D eigenvalue weighted by atomic mass is 10.1. The lowest BCUT2D eigenvalue weighted by molar-refractivity contribution is 0.0570. The highest BCUT2D eigenvalue weighted by atomic mass is 16.6. The highest BCUT2D eigenvalue weighted by Crippen LogP contribution is 2.35. The molecule has 8 nitrogen and oxygen atoms in total. The quantitative estimate of drug-likeness (QED) is 0.753. The Morgan fingerprint density at radius 3 is 2.27 bits per heavy atom. The van der Waals surface area contributed by atoms with Gasteiger partial charge in [-0.3, -0.25) is 9.59 Å². The summed E-state index contributed by atoms with van der Waals surface area (Å²) in [7, 11) is 0. The number of hydrogen-bond donors (Lipinski definition) is 1. The van der Waals surface area contributed by atoms with Crippen molar-refractivity contribution in [3.8, 4) is 0 Å². The first-order valence-corrected chi connectivity index (χ1v) is 11.4. The van der Waals surface area contributed by atoms with Crippen LogP contribution in [0.4, 0.5) is 10.5 Å². The van der Waals surface area contributed by atoms with Gasteiger partial charge >= 0.3 is 6.09 Å². The van der Waals surface area contributed by atoms with E-state index in [1.54, 1.807) is 28.9 Å². The number of carbonyl (C=O) groups is 3. The van der Waals surface area contributed by atoms with Crippen LogP contribution < -0.4 is 5.32 Å². The number of ether oxygens (including phenoxy) is 1. The van der Waals surface area contributed by atoms with E-state index in [9.17, 15) is 14.4 Å². The average Bonchev–Trinajstić information content (AvgIpc) is 3.11. The molecule has 1 fully saturated rings. The Kier molecular flexibility index (Phi) is 6.53. The van der Waals surface area contributed by atoms with Gasteiger partial charge in [0, 0.05) is 54.6 Å². The van der Waals surface area contributed by atoms with Crippen LogP contribution in [-0.4, -0.2) is 71.4 Å². The van der Waals surface area contributed by atoms with Gasteiger partial charge in [-0.05, 0) is 51.1 Å². The summed E-state index contributed by atoms with van der Waals surface area (Å²) in [6, 6.07) is 15.0. The van der Waals surface area contributed by atoms with Crippen molar-refractivity contribution in [3.05, 3.63) is 65.2 Å². The maximum atomic E-state index is 12.9. The minimum atomic E-state index is -0.331. The first kappa shape index (κ1) is 22.6. The molecule has 1 N–H and O–H groups in total. The van der Waals surface area contributed by atoms with Crippen LogP contribution in [-0.2, 0) is 4.74 Å². The van der Waals surface area contributed by atoms with Gasteiger partial charge in [0.2, 0.25) is 0 Å². The summed E-state index contributed by atoms with van der Waals surface area (Å²) in [5.41, 5.74) is 3.10. The van der Waals surface area contributed by atoms with Gasteiger partial charge in [-0.1, -0.05) is 18.2 Å². The third kappa shape index (κ3) is 4.51. The van der Waals surface area contributed by atoms with Crippen LogP contribution in [0, 0.1) is 0 Å². The zero-order valence-electron chi connectivity index (χ0n) is 19.3. The molecule has 33 heavy (non-hydrogen) atoms. The number of benzene rings is 2. The van der Waals surface area contributed by atoms with Crippen molar-refractivity contribution in [2.45, 2.75) is 33.0 Å². The minimum Gasteiger partial charge on any atom is -0.450 e. The molecule has 4 rings (SSSR count). The van der Waals surface area contributed by atoms with Crippen molar-refractivity contribution in [1.29, 1.82) is 0 Å². The number of amides is 3. The van der Waals surface area contributed by atoms with E-state index in [2.05, 4.69) is 5.32 Å². The second kappa shape index (κ2) is 9.52. The van der Waals surface area contributed by atoms with Crippen LogP contribution in [0.3, 0.4) is 0 Å². The molecule has 174 valence electrons. The van der Waals surface area contributed by atoms with Crippen LogP contribution in [0.15, 0.2) is 48.5 Å². The first-order valence-electron chi connectivity index (χ1n) is 11.4. The molecule has 0 aliphatic carbocycles. The molecule has 0 bridgehead atoms. The third-order valence-corrected chi connectivity index (χ3v) is 6.08. The number of piperazine rings is 1. The monoisotopic (exact) mass is 450 g/mol. The zero-order chi connectivity index (χ0) is 23.5. The van der Waals surface area contributed by atoms with Crippen molar-refractivity contribution < 1.29 is 19.1 Å². The highest BCUT2D eigenvalue weighted by molar-refractivity contribution is 5.99. The molecule has 2 heterocycles. The number of fused-ring (bicyclic) bond motifs is 1. The Balaban J connectivity index is 1.42. The first-order chi connectivity index (χ1) is 15.9. The minimum absolute atomic E-state index is 0.0202. The van der Waals surface area contributed by atoms with Gasteiger partial charge < -0.3 is 24.8 Å². The van der Waals surface area contributed by atoms with E-state index in [0.29, 0.717) is 38.3 Å². The van der Waals surface area contributed by atoms with Gasteiger partial charge in [-0.2, -0.15) is 0 Å². The van der Waals surface area contributed by atoms with Crippen LogP contribution in [0.1, 0.15) is 53.2 Å². The number of nitrogens with zero attached hydrogens (tertiary/aromatic N) is 3. The van der Waals surface area contributed by atoms with Crippen molar-refractivity contribution in [2.75, 3.05) is 38.1 Å². The number of rotatable bonds is 5. The highest BCUT2D eigenvalue weighted by Gasteiger charge is 2.37. The molecule has 2 aromatic carbocycles. The van der Waals surface area contributed by atoms with Crippen molar-refractivity contribution >= 4 is 23.6 Å². The molecule has 0 saturated carbocycles. The van der Waals surface area contributed by atoms with Gasteiger partial charge in [-0.25, -0.2) is 4.79 Å². The standard InChI is InChI=1S/C25H30N4O4/c1-4-33-25(32)28-15-13-27(14-16-28)23(30)18-9-11-19(12-10-18)26-22-20-7-5-6-8-21(20)24(31)29(22)17(2)3/h5-12,17,22,26H,4,13-16H2,1-3H3. The van der Waals surface area contributed by atoms with E-state index in [4.69, 9.17) is 4.74 Å². The lowest BCUT2D eigenvalue weighted by Gasteiger charge is -2.34. The van der Waals surface area contributed by atoms with Gasteiger partial charge in [0.15, 0.2) is 0 Å². The molecule has 8 heteroatoms. The van der Waals surface area contributed by atoms with E-state index in [0.717, 1.165) is 16.8 Å². The molecular weight excluding hydrogens is 420 g/mol. The zero-order valence-corrected chi connectivity index (χ0v) is 19.3. The topological polar surface area (TPSA) is 82.2 Å². The number of carbonyl (C=O) groups excluding carboxylic acids is 3. The maximum Gasteiger partial charge on any atom is 0.409 e. The second-order valence-electron chi connectivity index (χ2n) is 8.50. The SMILES string of the molecule is CCOC(=O)N1CCN(C(=O)c2ccc(NC3c4ccccc4C(=O)N3C(C)C)cc2)CC1. The van der Waals surface area contributed by atoms with Gasteiger partial charge in [0.25, 0.3) is 11.8 Å². The Bertz CT molecular complexity index is 1030. The number of nitrogens with one attached hydrogen (secondary N) is 1. The summed E-state index contributed by atoms with van der Waals surface area (Å²) < 4.78 is 5.03. The molecule has 0 radical (unpaired) electrons. The predicted octanol–water partition coefficient (Wildman–Crippen LogP) is 3.58.